The molecule has 6 heteroatoms. The highest BCUT2D eigenvalue weighted by Crippen LogP contribution is 2.08. The van der Waals surface area contributed by atoms with E-state index in [4.69, 9.17) is 11.6 Å². The predicted molar refractivity (Wildman–Crippen MR) is 50.8 cm³/mol. The molecule has 60 valence electrons. The highest BCUT2D eigenvalue weighted by atomic mass is 127. The topological polar surface area (TPSA) is 82.2 Å². The number of halogens is 1. The molecule has 0 unspecified atom stereocenters. The number of aryl methyl sites for hydroxylation is 1. The Balaban J connectivity index is 3.15. The van der Waals surface area contributed by atoms with Crippen LogP contribution in [0.4, 0.5) is 0 Å². The van der Waals surface area contributed by atoms with Crippen molar-refractivity contribution in [3.63, 3.8) is 0 Å². The van der Waals surface area contributed by atoms with Crippen LogP contribution in [0, 0.1) is 3.70 Å². The summed E-state index contributed by atoms with van der Waals surface area (Å²) in [6.07, 6.45) is 1.63. The number of hydrazone groups is 1. The summed E-state index contributed by atoms with van der Waals surface area (Å²) in [4.78, 5) is 0. The Hall–Kier alpha value is -0.790. The second-order valence-electron chi connectivity index (χ2n) is 1.99. The van der Waals surface area contributed by atoms with E-state index in [9.17, 15) is 0 Å². The van der Waals surface area contributed by atoms with Crippen LogP contribution in [0.2, 0.25) is 0 Å². The third kappa shape index (κ3) is 1.44. The number of amidine groups is 1. The van der Waals surface area contributed by atoms with Gasteiger partial charge >= 0.3 is 0 Å². The van der Waals surface area contributed by atoms with Crippen molar-refractivity contribution < 1.29 is 0 Å². The summed E-state index contributed by atoms with van der Waals surface area (Å²) >= 11 is 2.12. The van der Waals surface area contributed by atoms with E-state index in [1.54, 1.807) is 10.9 Å². The molecule has 1 aromatic heterocycles. The molecule has 0 fully saturated rings. The lowest BCUT2D eigenvalue weighted by Gasteiger charge is -1.95. The molecule has 0 spiro atoms. The minimum absolute atomic E-state index is 0.308. The van der Waals surface area contributed by atoms with Crippen molar-refractivity contribution in [2.45, 2.75) is 0 Å². The summed E-state index contributed by atoms with van der Waals surface area (Å²) in [5.41, 5.74) is 6.25. The summed E-state index contributed by atoms with van der Waals surface area (Å²) in [5, 5.41) is 7.35. The number of rotatable bonds is 1. The molecule has 1 aromatic rings. The molecule has 1 heterocycles. The molecule has 0 atom stereocenters. The van der Waals surface area contributed by atoms with E-state index in [-0.39, 0.29) is 0 Å². The molecule has 0 amide bonds. The molecule has 0 aliphatic rings. The fraction of sp³-hybridized carbons (Fsp3) is 0.200. The molecule has 0 aromatic carbocycles. The molecule has 4 N–H and O–H groups in total. The third-order valence-corrected chi connectivity index (χ3v) is 2.56. The van der Waals surface area contributed by atoms with E-state index in [1.165, 1.54) is 0 Å². The van der Waals surface area contributed by atoms with Gasteiger partial charge in [-0.05, 0) is 22.6 Å². The van der Waals surface area contributed by atoms with Crippen molar-refractivity contribution >= 4 is 28.4 Å². The smallest absolute Gasteiger partial charge is 0.154 e. The minimum Gasteiger partial charge on any atom is -0.382 e. The van der Waals surface area contributed by atoms with Gasteiger partial charge in [-0.2, -0.15) is 10.2 Å². The lowest BCUT2D eigenvalue weighted by Crippen LogP contribution is -2.16. The van der Waals surface area contributed by atoms with Crippen LogP contribution in [-0.4, -0.2) is 15.6 Å². The predicted octanol–water partition coefficient (Wildman–Crippen LogP) is -0.396. The van der Waals surface area contributed by atoms with E-state index in [1.807, 2.05) is 7.05 Å². The average Bonchev–Trinajstić information content (AvgIpc) is 2.32. The molecule has 1 rings (SSSR count). The molecule has 0 aliphatic heterocycles. The zero-order valence-electron chi connectivity index (χ0n) is 5.95. The third-order valence-electron chi connectivity index (χ3n) is 1.28. The van der Waals surface area contributed by atoms with Crippen LogP contribution in [0.5, 0.6) is 0 Å². The molecule has 0 saturated carbocycles. The molecule has 0 bridgehead atoms. The van der Waals surface area contributed by atoms with E-state index < -0.39 is 0 Å². The molecule has 0 saturated heterocycles. The second kappa shape index (κ2) is 3.07. The van der Waals surface area contributed by atoms with Crippen LogP contribution in [0.3, 0.4) is 0 Å². The molecular formula is C5H8IN5. The van der Waals surface area contributed by atoms with Crippen molar-refractivity contribution in [3.05, 3.63) is 15.5 Å². The van der Waals surface area contributed by atoms with Gasteiger partial charge in [0.25, 0.3) is 0 Å². The van der Waals surface area contributed by atoms with Crippen molar-refractivity contribution in [3.8, 4) is 0 Å². The maximum atomic E-state index is 5.48. The first-order valence-corrected chi connectivity index (χ1v) is 3.96. The van der Waals surface area contributed by atoms with Crippen LogP contribution in [0.15, 0.2) is 11.3 Å². The van der Waals surface area contributed by atoms with Gasteiger partial charge in [-0.25, -0.2) is 0 Å². The van der Waals surface area contributed by atoms with E-state index >= 15 is 0 Å². The number of hydrogen-bond acceptors (Lipinski definition) is 3. The van der Waals surface area contributed by atoms with Crippen molar-refractivity contribution in [1.29, 1.82) is 0 Å². The van der Waals surface area contributed by atoms with Gasteiger partial charge in [-0.15, -0.1) is 0 Å². The quantitative estimate of drug-likeness (QED) is 0.238. The van der Waals surface area contributed by atoms with Gasteiger partial charge in [-0.1, -0.05) is 0 Å². The first-order chi connectivity index (χ1) is 5.16. The normalized spacial score (nSPS) is 12.0. The summed E-state index contributed by atoms with van der Waals surface area (Å²) in [6, 6.07) is 0. The summed E-state index contributed by atoms with van der Waals surface area (Å²) in [5.74, 6) is 5.31. The Morgan fingerprint density at radius 1 is 1.82 bits per heavy atom. The SMILES string of the molecule is Cn1ncc(/C(N)=N/N)c1I. The zero-order valence-corrected chi connectivity index (χ0v) is 8.11. The largest absolute Gasteiger partial charge is 0.382 e. The van der Waals surface area contributed by atoms with Crippen molar-refractivity contribution in [2.75, 3.05) is 0 Å². The molecule has 11 heavy (non-hydrogen) atoms. The fourth-order valence-electron chi connectivity index (χ4n) is 0.664. The number of aromatic nitrogens is 2. The van der Waals surface area contributed by atoms with Gasteiger partial charge in [0.05, 0.1) is 11.8 Å². The highest BCUT2D eigenvalue weighted by molar-refractivity contribution is 14.1. The number of hydrogen-bond donors (Lipinski definition) is 2. The van der Waals surface area contributed by atoms with Gasteiger partial charge < -0.3 is 11.6 Å². The highest BCUT2D eigenvalue weighted by Gasteiger charge is 2.07. The Labute approximate surface area is 77.6 Å². The van der Waals surface area contributed by atoms with Gasteiger partial charge in [0, 0.05) is 7.05 Å². The van der Waals surface area contributed by atoms with E-state index in [2.05, 4.69) is 32.8 Å². The average molecular weight is 265 g/mol. The molecule has 0 aliphatic carbocycles. The summed E-state index contributed by atoms with van der Waals surface area (Å²) < 4.78 is 2.63. The Bertz CT molecular complexity index is 289. The van der Waals surface area contributed by atoms with E-state index in [0.717, 1.165) is 9.26 Å². The van der Waals surface area contributed by atoms with Gasteiger partial charge in [0.1, 0.15) is 3.70 Å². The first-order valence-electron chi connectivity index (χ1n) is 2.88. The monoisotopic (exact) mass is 265 g/mol. The molecule has 5 nitrogen and oxygen atoms in total. The minimum atomic E-state index is 0.308. The van der Waals surface area contributed by atoms with Crippen LogP contribution in [0.1, 0.15) is 5.56 Å². The van der Waals surface area contributed by atoms with Crippen LogP contribution < -0.4 is 11.6 Å². The van der Waals surface area contributed by atoms with Crippen molar-refractivity contribution in [2.24, 2.45) is 23.7 Å². The maximum absolute atomic E-state index is 5.48. The van der Waals surface area contributed by atoms with Gasteiger partial charge in [-0.3, -0.25) is 4.68 Å². The lowest BCUT2D eigenvalue weighted by atomic mass is 10.3. The van der Waals surface area contributed by atoms with E-state index in [0.29, 0.717) is 5.84 Å². The molecular weight excluding hydrogens is 257 g/mol. The Morgan fingerprint density at radius 3 is 2.82 bits per heavy atom. The second-order valence-corrected chi connectivity index (χ2v) is 3.01. The van der Waals surface area contributed by atoms with Gasteiger partial charge in [0.2, 0.25) is 0 Å². The van der Waals surface area contributed by atoms with Crippen LogP contribution >= 0.6 is 22.6 Å². The van der Waals surface area contributed by atoms with Crippen LogP contribution in [-0.2, 0) is 7.05 Å². The number of nitrogens with zero attached hydrogens (tertiary/aromatic N) is 3. The number of nitrogens with two attached hydrogens (primary N) is 2. The summed E-state index contributed by atoms with van der Waals surface area (Å²) in [7, 11) is 1.83. The first kappa shape index (κ1) is 8.31. The summed E-state index contributed by atoms with van der Waals surface area (Å²) in [6.45, 7) is 0. The zero-order chi connectivity index (χ0) is 8.43. The van der Waals surface area contributed by atoms with Crippen molar-refractivity contribution in [1.82, 2.24) is 9.78 Å². The van der Waals surface area contributed by atoms with Gasteiger partial charge in [0.15, 0.2) is 5.84 Å². The van der Waals surface area contributed by atoms with Crippen LogP contribution in [0.25, 0.3) is 0 Å². The Kier molecular flexibility index (Phi) is 2.32. The maximum Gasteiger partial charge on any atom is 0.154 e. The lowest BCUT2D eigenvalue weighted by molar-refractivity contribution is 0.747. The Morgan fingerprint density at radius 2 is 2.45 bits per heavy atom. The fourth-order valence-corrected chi connectivity index (χ4v) is 1.20. The standard InChI is InChI=1S/C5H8IN5/c1-11-4(6)3(2-9-11)5(7)10-8/h2H,8H2,1H3,(H2,7,10). The molecule has 0 radical (unpaired) electrons.